The van der Waals surface area contributed by atoms with Crippen molar-refractivity contribution in [3.63, 3.8) is 0 Å². The average Bonchev–Trinajstić information content (AvgIpc) is 3.74. The fourth-order valence-corrected chi connectivity index (χ4v) is 4.78. The van der Waals surface area contributed by atoms with Crippen LogP contribution in [0.2, 0.25) is 0 Å². The standard InChI is InChI=1S/C21H25.2C8H9O.C5H5.CH2.2ClH.Zr/c1-20(2,3)16-9-7-14-11-15-8-10-17(21(4,5)6)13-19(15)18(14)12-16;2*1-7-5-3-4-6-8(7)9-2;1-2-4-5-3-1;;;;/h7,9-10,12-13H,11H2,1-6H3;2*4-6H,1-2H3;1-3H,4H2;1H2;2*1H;/q4*-1;;;;. The molecule has 0 unspecified atom stereocenters. The molecule has 0 heterocycles. The van der Waals surface area contributed by atoms with Gasteiger partial charge in [0.25, 0.3) is 0 Å². The maximum absolute atomic E-state index is 5.02. The van der Waals surface area contributed by atoms with E-state index in [-0.39, 0.29) is 35.6 Å². The zero-order valence-corrected chi connectivity index (χ0v) is 34.4. The first-order chi connectivity index (χ1) is 21.8. The molecule has 4 aromatic carbocycles. The molecule has 0 bridgehead atoms. The van der Waals surface area contributed by atoms with Crippen LogP contribution < -0.4 is 9.47 Å². The Kier molecular flexibility index (Phi) is 20.9. The third-order valence-corrected chi connectivity index (χ3v) is 7.59. The van der Waals surface area contributed by atoms with Crippen molar-refractivity contribution in [2.45, 2.75) is 79.1 Å². The van der Waals surface area contributed by atoms with Crippen molar-refractivity contribution >= 4 is 29.0 Å². The molecule has 0 saturated heterocycles. The van der Waals surface area contributed by atoms with E-state index in [1.807, 2.05) is 62.4 Å². The topological polar surface area (TPSA) is 18.5 Å². The van der Waals surface area contributed by atoms with Crippen molar-refractivity contribution in [3.05, 3.63) is 143 Å². The fraction of sp³-hybridized carbons (Fsp3) is 0.326. The molecule has 2 nitrogen and oxygen atoms in total. The van der Waals surface area contributed by atoms with Crippen LogP contribution >= 0.6 is 24.8 Å². The van der Waals surface area contributed by atoms with E-state index < -0.39 is 0 Å². The number of halogens is 2. The van der Waals surface area contributed by atoms with Gasteiger partial charge in [0.1, 0.15) is 0 Å². The van der Waals surface area contributed by atoms with Crippen LogP contribution in [-0.2, 0) is 41.5 Å². The molecule has 2 aliphatic carbocycles. The zero-order chi connectivity index (χ0) is 34.3. The van der Waals surface area contributed by atoms with E-state index in [0.717, 1.165) is 35.5 Å². The molecular formula is C43H52Cl2O2Zr-4. The monoisotopic (exact) mass is 760 g/mol. The molecule has 0 radical (unpaired) electrons. The molecule has 258 valence electrons. The Morgan fingerprint density at radius 3 is 1.60 bits per heavy atom. The number of allylic oxidation sites excluding steroid dienone is 4. The molecule has 6 rings (SSSR count). The summed E-state index contributed by atoms with van der Waals surface area (Å²) in [4.78, 5) is 0. The molecule has 0 fully saturated rings. The Labute approximate surface area is 319 Å². The van der Waals surface area contributed by atoms with Crippen molar-refractivity contribution in [2.24, 2.45) is 0 Å². The van der Waals surface area contributed by atoms with Crippen molar-refractivity contribution in [1.82, 2.24) is 0 Å². The minimum absolute atomic E-state index is 0. The molecular weight excluding hydrogens is 711 g/mol. The van der Waals surface area contributed by atoms with Gasteiger partial charge in [-0.1, -0.05) is 90.1 Å². The van der Waals surface area contributed by atoms with Gasteiger partial charge >= 0.3 is 28.4 Å². The number of benzene rings is 4. The number of methoxy groups -OCH3 is 2. The van der Waals surface area contributed by atoms with E-state index in [9.17, 15) is 0 Å². The zero-order valence-electron chi connectivity index (χ0n) is 30.3. The Balaban J connectivity index is 0.000000682. The Hall–Kier alpha value is -2.71. The van der Waals surface area contributed by atoms with Crippen molar-refractivity contribution in [3.8, 4) is 22.6 Å². The molecule has 0 N–H and O–H groups in total. The van der Waals surface area contributed by atoms with Crippen LogP contribution in [0.4, 0.5) is 0 Å². The molecule has 0 aromatic heterocycles. The summed E-state index contributed by atoms with van der Waals surface area (Å²) in [6.45, 7) is 17.6. The van der Waals surface area contributed by atoms with Gasteiger partial charge < -0.3 is 9.47 Å². The van der Waals surface area contributed by atoms with Gasteiger partial charge in [0.2, 0.25) is 0 Å². The molecule has 4 aromatic rings. The van der Waals surface area contributed by atoms with E-state index in [0.29, 0.717) is 0 Å². The maximum atomic E-state index is 5.02. The second-order valence-corrected chi connectivity index (χ2v) is 13.1. The van der Waals surface area contributed by atoms with Crippen LogP contribution in [0.5, 0.6) is 11.5 Å². The molecule has 0 saturated carbocycles. The number of aryl methyl sites for hydroxylation is 2. The molecule has 0 atom stereocenters. The van der Waals surface area contributed by atoms with Crippen molar-refractivity contribution < 1.29 is 33.7 Å². The van der Waals surface area contributed by atoms with Crippen LogP contribution in [0.1, 0.15) is 81.3 Å². The molecule has 48 heavy (non-hydrogen) atoms. The average molecular weight is 763 g/mol. The summed E-state index contributed by atoms with van der Waals surface area (Å²) < 4.78 is 13.4. The van der Waals surface area contributed by atoms with Gasteiger partial charge in [-0.3, -0.25) is 6.08 Å². The van der Waals surface area contributed by atoms with E-state index in [1.165, 1.54) is 57.6 Å². The normalized spacial score (nSPS) is 11.4. The summed E-state index contributed by atoms with van der Waals surface area (Å²) in [5, 5.41) is 0. The molecule has 2 aliphatic rings. The quantitative estimate of drug-likeness (QED) is 0.167. The van der Waals surface area contributed by atoms with Crippen LogP contribution in [0.15, 0.2) is 85.0 Å². The summed E-state index contributed by atoms with van der Waals surface area (Å²) >= 11 is 1.30. The molecule has 5 heteroatoms. The molecule has 0 spiro atoms. The van der Waals surface area contributed by atoms with Crippen molar-refractivity contribution in [1.29, 1.82) is 0 Å². The third-order valence-electron chi connectivity index (χ3n) is 7.59. The Morgan fingerprint density at radius 1 is 0.708 bits per heavy atom. The summed E-state index contributed by atoms with van der Waals surface area (Å²) in [7, 11) is 3.34. The summed E-state index contributed by atoms with van der Waals surface area (Å²) in [6.07, 6.45) is 11.0. The minimum atomic E-state index is 0. The number of rotatable bonds is 2. The molecule has 0 amide bonds. The number of ether oxygens (including phenoxy) is 2. The van der Waals surface area contributed by atoms with Crippen LogP contribution in [0, 0.1) is 38.1 Å². The SMILES string of the molecule is CC(C)(C)c1c[c-]c2c(c1)-c1cc(C(C)(C)C)ccc1C2.COc1cc[c-]cc1C.COc1cc[c-]cc1C.Cl.Cl.[C-]1=CC=CC1.[CH2]=[Zr]. The summed E-state index contributed by atoms with van der Waals surface area (Å²) in [5.41, 5.74) is 11.0. The van der Waals surface area contributed by atoms with E-state index >= 15 is 0 Å². The number of fused-ring (bicyclic) bond motifs is 3. The first-order valence-electron chi connectivity index (χ1n) is 15.6. The summed E-state index contributed by atoms with van der Waals surface area (Å²) in [6, 6.07) is 32.3. The molecule has 0 aliphatic heterocycles. The van der Waals surface area contributed by atoms with E-state index in [2.05, 4.69) is 106 Å². The fourth-order valence-electron chi connectivity index (χ4n) is 4.78. The Bertz CT molecular complexity index is 1480. The van der Waals surface area contributed by atoms with Gasteiger partial charge in [-0.2, -0.15) is 71.8 Å². The third kappa shape index (κ3) is 14.0. The van der Waals surface area contributed by atoms with Crippen LogP contribution in [-0.4, -0.2) is 18.4 Å². The van der Waals surface area contributed by atoms with Crippen LogP contribution in [0.3, 0.4) is 0 Å². The second kappa shape index (κ2) is 22.1. The van der Waals surface area contributed by atoms with Gasteiger partial charge in [0.15, 0.2) is 0 Å². The predicted octanol–water partition coefficient (Wildman–Crippen LogP) is 11.4. The first-order valence-corrected chi connectivity index (χ1v) is 17.4. The predicted molar refractivity (Wildman–Crippen MR) is 207 cm³/mol. The number of hydrogen-bond acceptors (Lipinski definition) is 2. The van der Waals surface area contributed by atoms with Gasteiger partial charge in [-0.05, 0) is 17.4 Å². The second-order valence-electron chi connectivity index (χ2n) is 13.1. The Morgan fingerprint density at radius 2 is 1.23 bits per heavy atom. The van der Waals surface area contributed by atoms with Gasteiger partial charge in [-0.15, -0.1) is 60.1 Å². The summed E-state index contributed by atoms with van der Waals surface area (Å²) in [5.74, 6) is 1.85. The van der Waals surface area contributed by atoms with E-state index in [1.54, 1.807) is 14.2 Å². The van der Waals surface area contributed by atoms with Gasteiger partial charge in [-0.25, -0.2) is 12.2 Å². The van der Waals surface area contributed by atoms with Gasteiger partial charge in [0.05, 0.1) is 14.2 Å². The van der Waals surface area contributed by atoms with Crippen LogP contribution in [0.25, 0.3) is 11.1 Å². The van der Waals surface area contributed by atoms with E-state index in [4.69, 9.17) is 9.47 Å². The first kappa shape index (κ1) is 45.3. The van der Waals surface area contributed by atoms with Crippen molar-refractivity contribution in [2.75, 3.05) is 14.2 Å². The van der Waals surface area contributed by atoms with Gasteiger partial charge in [0, 0.05) is 11.5 Å². The number of hydrogen-bond donors (Lipinski definition) is 0.